The molecule has 0 spiro atoms. The van der Waals surface area contributed by atoms with Crippen LogP contribution in [0.4, 0.5) is 0 Å². The number of thiophene rings is 1. The van der Waals surface area contributed by atoms with Crippen LogP contribution >= 0.6 is 11.3 Å². The zero-order valence-corrected chi connectivity index (χ0v) is 13.2. The highest BCUT2D eigenvalue weighted by Gasteiger charge is 2.17. The third-order valence-electron chi connectivity index (χ3n) is 3.45. The van der Waals surface area contributed by atoms with Crippen molar-refractivity contribution in [2.24, 2.45) is 0 Å². The van der Waals surface area contributed by atoms with Crippen molar-refractivity contribution < 1.29 is 4.79 Å². The lowest BCUT2D eigenvalue weighted by molar-refractivity contribution is 0.0754. The molecule has 3 rings (SSSR count). The summed E-state index contributed by atoms with van der Waals surface area (Å²) in [5.41, 5.74) is 1.56. The van der Waals surface area contributed by atoms with Gasteiger partial charge in [-0.2, -0.15) is 5.10 Å². The van der Waals surface area contributed by atoms with Crippen LogP contribution in [0.2, 0.25) is 0 Å². The standard InChI is InChI=1S/C17H17N3OS/c1-2-19(13-16-9-6-10-22-16)17(21)14-11-18-20(12-14)15-7-4-3-5-8-15/h3-12H,2,13H2,1H3. The van der Waals surface area contributed by atoms with Crippen LogP contribution in [-0.4, -0.2) is 27.1 Å². The van der Waals surface area contributed by atoms with Gasteiger partial charge in [-0.1, -0.05) is 24.3 Å². The Kier molecular flexibility index (Phi) is 4.34. The molecule has 0 bridgehead atoms. The normalized spacial score (nSPS) is 10.6. The molecule has 1 aromatic carbocycles. The summed E-state index contributed by atoms with van der Waals surface area (Å²) in [5, 5.41) is 6.32. The number of hydrogen-bond acceptors (Lipinski definition) is 3. The van der Waals surface area contributed by atoms with Crippen molar-refractivity contribution in [3.05, 3.63) is 70.7 Å². The Hall–Kier alpha value is -2.40. The molecule has 0 aliphatic heterocycles. The van der Waals surface area contributed by atoms with Crippen LogP contribution in [0.25, 0.3) is 5.69 Å². The number of aromatic nitrogens is 2. The van der Waals surface area contributed by atoms with Crippen LogP contribution in [0, 0.1) is 0 Å². The zero-order valence-electron chi connectivity index (χ0n) is 12.3. The van der Waals surface area contributed by atoms with E-state index in [1.165, 1.54) is 4.88 Å². The average Bonchev–Trinajstić information content (AvgIpc) is 3.24. The summed E-state index contributed by atoms with van der Waals surface area (Å²) in [6.07, 6.45) is 3.42. The lowest BCUT2D eigenvalue weighted by atomic mass is 10.3. The summed E-state index contributed by atoms with van der Waals surface area (Å²) in [4.78, 5) is 15.6. The second-order valence-corrected chi connectivity index (χ2v) is 5.94. The number of carbonyl (C=O) groups is 1. The van der Waals surface area contributed by atoms with E-state index in [2.05, 4.69) is 5.10 Å². The minimum absolute atomic E-state index is 0.0121. The van der Waals surface area contributed by atoms with Crippen molar-refractivity contribution in [2.75, 3.05) is 6.54 Å². The summed E-state index contributed by atoms with van der Waals surface area (Å²) in [6, 6.07) is 13.8. The topological polar surface area (TPSA) is 38.1 Å². The molecule has 0 radical (unpaired) electrons. The Morgan fingerprint density at radius 2 is 2.05 bits per heavy atom. The monoisotopic (exact) mass is 311 g/mol. The van der Waals surface area contributed by atoms with E-state index in [4.69, 9.17) is 0 Å². The van der Waals surface area contributed by atoms with E-state index in [1.807, 2.05) is 59.7 Å². The number of para-hydroxylation sites is 1. The molecule has 0 fully saturated rings. The molecule has 112 valence electrons. The second kappa shape index (κ2) is 6.58. The first kappa shape index (κ1) is 14.5. The van der Waals surface area contributed by atoms with Gasteiger partial charge in [-0.05, 0) is 30.5 Å². The van der Waals surface area contributed by atoms with E-state index in [0.29, 0.717) is 18.7 Å². The maximum atomic E-state index is 12.6. The maximum absolute atomic E-state index is 12.6. The minimum Gasteiger partial charge on any atom is -0.334 e. The first-order valence-electron chi connectivity index (χ1n) is 7.19. The molecule has 2 heterocycles. The Balaban J connectivity index is 1.78. The quantitative estimate of drug-likeness (QED) is 0.722. The van der Waals surface area contributed by atoms with Gasteiger partial charge in [-0.25, -0.2) is 4.68 Å². The number of carbonyl (C=O) groups excluding carboxylic acids is 1. The Morgan fingerprint density at radius 1 is 1.23 bits per heavy atom. The van der Waals surface area contributed by atoms with Gasteiger partial charge in [0.25, 0.3) is 5.91 Å². The number of nitrogens with zero attached hydrogens (tertiary/aromatic N) is 3. The summed E-state index contributed by atoms with van der Waals surface area (Å²) in [5.74, 6) is 0.0121. The van der Waals surface area contributed by atoms with Crippen molar-refractivity contribution >= 4 is 17.2 Å². The SMILES string of the molecule is CCN(Cc1cccs1)C(=O)c1cnn(-c2ccccc2)c1. The maximum Gasteiger partial charge on any atom is 0.257 e. The zero-order chi connectivity index (χ0) is 15.4. The Morgan fingerprint density at radius 3 is 2.73 bits per heavy atom. The van der Waals surface area contributed by atoms with Crippen LogP contribution in [-0.2, 0) is 6.54 Å². The first-order chi connectivity index (χ1) is 10.8. The molecule has 22 heavy (non-hydrogen) atoms. The van der Waals surface area contributed by atoms with Crippen molar-refractivity contribution in [1.82, 2.24) is 14.7 Å². The lowest BCUT2D eigenvalue weighted by Gasteiger charge is -2.19. The number of amides is 1. The van der Waals surface area contributed by atoms with Crippen LogP contribution in [0.3, 0.4) is 0 Å². The summed E-state index contributed by atoms with van der Waals surface area (Å²) < 4.78 is 1.73. The van der Waals surface area contributed by atoms with Gasteiger partial charge < -0.3 is 4.90 Å². The molecule has 0 unspecified atom stereocenters. The van der Waals surface area contributed by atoms with Crippen LogP contribution in [0.5, 0.6) is 0 Å². The highest BCUT2D eigenvalue weighted by Crippen LogP contribution is 2.15. The number of rotatable bonds is 5. The van der Waals surface area contributed by atoms with E-state index in [-0.39, 0.29) is 5.91 Å². The van der Waals surface area contributed by atoms with Gasteiger partial charge in [-0.3, -0.25) is 4.79 Å². The molecule has 2 aromatic heterocycles. The smallest absolute Gasteiger partial charge is 0.257 e. The van der Waals surface area contributed by atoms with Crippen LogP contribution in [0.15, 0.2) is 60.2 Å². The van der Waals surface area contributed by atoms with Gasteiger partial charge in [0.2, 0.25) is 0 Å². The van der Waals surface area contributed by atoms with Crippen molar-refractivity contribution in [3.8, 4) is 5.69 Å². The highest BCUT2D eigenvalue weighted by molar-refractivity contribution is 7.09. The molecule has 0 saturated carbocycles. The van der Waals surface area contributed by atoms with E-state index >= 15 is 0 Å². The largest absolute Gasteiger partial charge is 0.334 e. The first-order valence-corrected chi connectivity index (χ1v) is 8.07. The molecule has 0 aliphatic carbocycles. The van der Waals surface area contributed by atoms with Crippen LogP contribution in [0.1, 0.15) is 22.2 Å². The minimum atomic E-state index is 0.0121. The molecule has 3 aromatic rings. The number of hydrogen-bond donors (Lipinski definition) is 0. The lowest BCUT2D eigenvalue weighted by Crippen LogP contribution is -2.29. The molecule has 1 amide bonds. The molecule has 0 N–H and O–H groups in total. The van der Waals surface area contributed by atoms with E-state index in [0.717, 1.165) is 5.69 Å². The fourth-order valence-corrected chi connectivity index (χ4v) is 2.98. The van der Waals surface area contributed by atoms with Gasteiger partial charge >= 0.3 is 0 Å². The molecular formula is C17H17N3OS. The third-order valence-corrected chi connectivity index (χ3v) is 4.31. The Bertz CT molecular complexity index is 734. The molecule has 0 saturated heterocycles. The summed E-state index contributed by atoms with van der Waals surface area (Å²) in [6.45, 7) is 3.31. The Labute approximate surface area is 133 Å². The van der Waals surface area contributed by atoms with Gasteiger partial charge in [-0.15, -0.1) is 11.3 Å². The predicted octanol–water partition coefficient (Wildman–Crippen LogP) is 3.60. The summed E-state index contributed by atoms with van der Waals surface area (Å²) in [7, 11) is 0. The van der Waals surface area contributed by atoms with Crippen LogP contribution < -0.4 is 0 Å². The van der Waals surface area contributed by atoms with Crippen molar-refractivity contribution in [2.45, 2.75) is 13.5 Å². The van der Waals surface area contributed by atoms with Crippen molar-refractivity contribution in [1.29, 1.82) is 0 Å². The van der Waals surface area contributed by atoms with Gasteiger partial charge in [0.1, 0.15) is 0 Å². The van der Waals surface area contributed by atoms with Gasteiger partial charge in [0.15, 0.2) is 0 Å². The predicted molar refractivity (Wildman–Crippen MR) is 88.3 cm³/mol. The second-order valence-electron chi connectivity index (χ2n) is 4.91. The van der Waals surface area contributed by atoms with Gasteiger partial charge in [0.05, 0.1) is 24.0 Å². The van der Waals surface area contributed by atoms with Crippen molar-refractivity contribution in [3.63, 3.8) is 0 Å². The third kappa shape index (κ3) is 3.09. The van der Waals surface area contributed by atoms with E-state index in [9.17, 15) is 4.79 Å². The molecule has 4 nitrogen and oxygen atoms in total. The molecule has 5 heteroatoms. The molecule has 0 aliphatic rings. The molecular weight excluding hydrogens is 294 g/mol. The van der Waals surface area contributed by atoms with E-state index < -0.39 is 0 Å². The summed E-state index contributed by atoms with van der Waals surface area (Å²) >= 11 is 1.67. The fraction of sp³-hybridized carbons (Fsp3) is 0.176. The number of benzene rings is 1. The highest BCUT2D eigenvalue weighted by atomic mass is 32.1. The van der Waals surface area contributed by atoms with E-state index in [1.54, 1.807) is 28.4 Å². The average molecular weight is 311 g/mol. The fourth-order valence-electron chi connectivity index (χ4n) is 2.26. The van der Waals surface area contributed by atoms with Gasteiger partial charge in [0, 0.05) is 17.6 Å². The molecule has 0 atom stereocenters.